The van der Waals surface area contributed by atoms with Crippen molar-refractivity contribution in [1.82, 2.24) is 0 Å². The molecule has 8 heteroatoms. The van der Waals surface area contributed by atoms with Crippen molar-refractivity contribution in [2.75, 3.05) is 11.6 Å². The Morgan fingerprint density at radius 3 is 2.38 bits per heavy atom. The van der Waals surface area contributed by atoms with Crippen molar-refractivity contribution in [3.63, 3.8) is 0 Å². The third-order valence-corrected chi connectivity index (χ3v) is 5.08. The number of fused-ring (bicyclic) bond motifs is 1. The SMILES string of the molecule is CS(=O)(=O)c1ccc(Nc2ccc(F)cc2)c2c1C(O)C(F)(F)C2. The van der Waals surface area contributed by atoms with E-state index in [9.17, 15) is 26.7 Å². The molecule has 3 rings (SSSR count). The van der Waals surface area contributed by atoms with Crippen LogP contribution in [-0.4, -0.2) is 25.7 Å². The maximum atomic E-state index is 13.9. The zero-order valence-corrected chi connectivity index (χ0v) is 13.4. The number of aliphatic hydroxyl groups is 1. The van der Waals surface area contributed by atoms with Gasteiger partial charge in [0.2, 0.25) is 0 Å². The van der Waals surface area contributed by atoms with E-state index >= 15 is 0 Å². The topological polar surface area (TPSA) is 66.4 Å². The molecule has 0 bridgehead atoms. The Bertz CT molecular complexity index is 896. The van der Waals surface area contributed by atoms with Crippen LogP contribution in [0.1, 0.15) is 17.2 Å². The van der Waals surface area contributed by atoms with Crippen LogP contribution < -0.4 is 5.32 Å². The number of rotatable bonds is 3. The molecule has 0 heterocycles. The molecule has 0 fully saturated rings. The third-order valence-electron chi connectivity index (χ3n) is 3.93. The molecule has 128 valence electrons. The van der Waals surface area contributed by atoms with Crippen molar-refractivity contribution >= 4 is 21.2 Å². The van der Waals surface area contributed by atoms with Crippen LogP contribution in [0, 0.1) is 5.82 Å². The lowest BCUT2D eigenvalue weighted by molar-refractivity contribution is -0.0975. The average Bonchev–Trinajstić information content (AvgIpc) is 2.72. The van der Waals surface area contributed by atoms with Gasteiger partial charge < -0.3 is 10.4 Å². The fourth-order valence-corrected chi connectivity index (χ4v) is 3.76. The Hall–Kier alpha value is -2.06. The van der Waals surface area contributed by atoms with Gasteiger partial charge in [-0.05, 0) is 42.0 Å². The maximum Gasteiger partial charge on any atom is 0.281 e. The number of anilines is 2. The van der Waals surface area contributed by atoms with Gasteiger partial charge in [0.1, 0.15) is 11.9 Å². The van der Waals surface area contributed by atoms with Gasteiger partial charge in [-0.3, -0.25) is 0 Å². The average molecular weight is 357 g/mol. The fourth-order valence-electron chi connectivity index (χ4n) is 2.81. The second kappa shape index (κ2) is 5.49. The van der Waals surface area contributed by atoms with Crippen molar-refractivity contribution in [3.8, 4) is 0 Å². The number of sulfone groups is 1. The first-order valence-corrected chi connectivity index (χ1v) is 8.93. The summed E-state index contributed by atoms with van der Waals surface area (Å²) in [5.41, 5.74) is 0.463. The van der Waals surface area contributed by atoms with E-state index in [2.05, 4.69) is 5.32 Å². The fraction of sp³-hybridized carbons (Fsp3) is 0.250. The molecule has 0 saturated carbocycles. The van der Waals surface area contributed by atoms with Crippen LogP contribution in [0.25, 0.3) is 0 Å². The van der Waals surface area contributed by atoms with E-state index in [1.807, 2.05) is 0 Å². The third kappa shape index (κ3) is 2.87. The summed E-state index contributed by atoms with van der Waals surface area (Å²) in [7, 11) is -3.78. The van der Waals surface area contributed by atoms with E-state index in [0.29, 0.717) is 5.69 Å². The quantitative estimate of drug-likeness (QED) is 0.885. The van der Waals surface area contributed by atoms with E-state index in [1.54, 1.807) is 0 Å². The molecule has 0 aliphatic heterocycles. The second-order valence-corrected chi connectivity index (χ2v) is 7.73. The lowest BCUT2D eigenvalue weighted by atomic mass is 10.1. The monoisotopic (exact) mass is 357 g/mol. The first-order valence-electron chi connectivity index (χ1n) is 7.04. The van der Waals surface area contributed by atoms with Gasteiger partial charge in [0, 0.05) is 29.6 Å². The van der Waals surface area contributed by atoms with Crippen LogP contribution in [0.5, 0.6) is 0 Å². The van der Waals surface area contributed by atoms with E-state index in [0.717, 1.165) is 6.26 Å². The Balaban J connectivity index is 2.12. The molecule has 1 atom stereocenters. The largest absolute Gasteiger partial charge is 0.382 e. The Kier molecular flexibility index (Phi) is 3.84. The number of aliphatic hydroxyl groups excluding tert-OH is 1. The normalized spacial score (nSPS) is 19.1. The van der Waals surface area contributed by atoms with Crippen molar-refractivity contribution in [2.24, 2.45) is 0 Å². The summed E-state index contributed by atoms with van der Waals surface area (Å²) in [5, 5.41) is 12.8. The molecule has 2 aromatic rings. The second-order valence-electron chi connectivity index (χ2n) is 5.75. The van der Waals surface area contributed by atoms with Crippen LogP contribution in [0.2, 0.25) is 0 Å². The highest BCUT2D eigenvalue weighted by atomic mass is 32.2. The Morgan fingerprint density at radius 2 is 1.79 bits per heavy atom. The number of benzene rings is 2. The molecule has 1 unspecified atom stereocenters. The molecule has 0 saturated heterocycles. The summed E-state index contributed by atoms with van der Waals surface area (Å²) < 4.78 is 64.5. The van der Waals surface area contributed by atoms with Gasteiger partial charge in [-0.15, -0.1) is 0 Å². The number of halogens is 3. The van der Waals surface area contributed by atoms with Crippen LogP contribution >= 0.6 is 0 Å². The molecule has 2 N–H and O–H groups in total. The summed E-state index contributed by atoms with van der Waals surface area (Å²) in [5.74, 6) is -3.90. The van der Waals surface area contributed by atoms with Gasteiger partial charge in [0.25, 0.3) is 5.92 Å². The van der Waals surface area contributed by atoms with Gasteiger partial charge in [-0.1, -0.05) is 0 Å². The predicted molar refractivity (Wildman–Crippen MR) is 82.8 cm³/mol. The lowest BCUT2D eigenvalue weighted by Crippen LogP contribution is -2.22. The molecule has 4 nitrogen and oxygen atoms in total. The van der Waals surface area contributed by atoms with Crippen LogP contribution in [0.4, 0.5) is 24.5 Å². The van der Waals surface area contributed by atoms with Gasteiger partial charge >= 0.3 is 0 Å². The summed E-state index contributed by atoms with van der Waals surface area (Å²) in [6, 6.07) is 7.82. The number of nitrogens with one attached hydrogen (secondary N) is 1. The Morgan fingerprint density at radius 1 is 1.17 bits per heavy atom. The minimum atomic E-state index is -3.78. The van der Waals surface area contributed by atoms with E-state index in [-0.39, 0.29) is 21.7 Å². The van der Waals surface area contributed by atoms with Crippen LogP contribution in [0.3, 0.4) is 0 Å². The number of hydrogen-bond acceptors (Lipinski definition) is 4. The van der Waals surface area contributed by atoms with Crippen LogP contribution in [0.15, 0.2) is 41.3 Å². The minimum Gasteiger partial charge on any atom is -0.382 e. The zero-order valence-electron chi connectivity index (χ0n) is 12.6. The molecule has 0 spiro atoms. The van der Waals surface area contributed by atoms with E-state index in [4.69, 9.17) is 0 Å². The number of alkyl halides is 2. The Labute approximate surface area is 136 Å². The van der Waals surface area contributed by atoms with Gasteiger partial charge in [-0.25, -0.2) is 21.6 Å². The highest BCUT2D eigenvalue weighted by molar-refractivity contribution is 7.90. The first-order chi connectivity index (χ1) is 11.1. The summed E-state index contributed by atoms with van der Waals surface area (Å²) in [6.07, 6.45) is -2.07. The van der Waals surface area contributed by atoms with Crippen molar-refractivity contribution in [3.05, 3.63) is 53.3 Å². The van der Waals surface area contributed by atoms with E-state index < -0.39 is 34.1 Å². The van der Waals surface area contributed by atoms with E-state index in [1.165, 1.54) is 36.4 Å². The zero-order chi connectivity index (χ0) is 17.7. The van der Waals surface area contributed by atoms with Crippen molar-refractivity contribution < 1.29 is 26.7 Å². The van der Waals surface area contributed by atoms with Crippen molar-refractivity contribution in [1.29, 1.82) is 0 Å². The smallest absolute Gasteiger partial charge is 0.281 e. The molecule has 0 radical (unpaired) electrons. The predicted octanol–water partition coefficient (Wildman–Crippen LogP) is 3.20. The standard InChI is InChI=1S/C16H14F3NO3S/c1-24(22,23)13-7-6-12(20-10-4-2-9(17)3-5-10)11-8-16(18,19)15(21)14(11)13/h2-7,15,20-21H,8H2,1H3. The van der Waals surface area contributed by atoms with Gasteiger partial charge in [-0.2, -0.15) is 0 Å². The highest BCUT2D eigenvalue weighted by Crippen LogP contribution is 2.48. The molecule has 24 heavy (non-hydrogen) atoms. The number of hydrogen-bond donors (Lipinski definition) is 2. The van der Waals surface area contributed by atoms with Gasteiger partial charge in [0.15, 0.2) is 9.84 Å². The minimum absolute atomic E-state index is 0.0414. The lowest BCUT2D eigenvalue weighted by Gasteiger charge is -2.16. The highest BCUT2D eigenvalue weighted by Gasteiger charge is 2.49. The molecule has 0 aromatic heterocycles. The molecular formula is C16H14F3NO3S. The summed E-state index contributed by atoms with van der Waals surface area (Å²) in [4.78, 5) is -0.313. The van der Waals surface area contributed by atoms with Gasteiger partial charge in [0.05, 0.1) is 4.90 Å². The maximum absolute atomic E-state index is 13.9. The molecule has 2 aromatic carbocycles. The molecule has 0 amide bonds. The summed E-state index contributed by atoms with van der Waals surface area (Å²) >= 11 is 0. The summed E-state index contributed by atoms with van der Waals surface area (Å²) in [6.45, 7) is 0. The first kappa shape index (κ1) is 16.8. The van der Waals surface area contributed by atoms with Crippen LogP contribution in [-0.2, 0) is 16.3 Å². The molecular weight excluding hydrogens is 343 g/mol. The molecule has 1 aliphatic carbocycles. The molecule has 1 aliphatic rings. The van der Waals surface area contributed by atoms with Crippen molar-refractivity contribution in [2.45, 2.75) is 23.3 Å².